The summed E-state index contributed by atoms with van der Waals surface area (Å²) in [6.07, 6.45) is 0. The van der Waals surface area contributed by atoms with Crippen LogP contribution in [0, 0.1) is 0 Å². The summed E-state index contributed by atoms with van der Waals surface area (Å²) >= 11 is 0. The Balaban J connectivity index is 2.73. The summed E-state index contributed by atoms with van der Waals surface area (Å²) in [5.41, 5.74) is 4.02. The van der Waals surface area contributed by atoms with Crippen molar-refractivity contribution in [2.75, 3.05) is 30.9 Å². The first-order valence-electron chi connectivity index (χ1n) is 3.94. The Morgan fingerprint density at radius 3 is 2.21 bits per heavy atom. The fraction of sp³-hybridized carbons (Fsp3) is 0.667. The quantitative estimate of drug-likeness (QED) is 0.311. The summed E-state index contributed by atoms with van der Waals surface area (Å²) in [5, 5.41) is 35.5. The van der Waals surface area contributed by atoms with Gasteiger partial charge in [0.15, 0.2) is 0 Å². The third-order valence-electron chi connectivity index (χ3n) is 1.79. The highest BCUT2D eigenvalue weighted by atomic mass is 16.3. The van der Waals surface area contributed by atoms with Crippen molar-refractivity contribution in [2.24, 2.45) is 0 Å². The molecule has 1 rings (SSSR count). The predicted molar refractivity (Wildman–Crippen MR) is 48.4 cm³/mol. The molecule has 0 bridgehead atoms. The molecule has 0 unspecified atom stereocenters. The minimum Gasteiger partial charge on any atom is -0.394 e. The van der Waals surface area contributed by atoms with Crippen LogP contribution in [0.15, 0.2) is 0 Å². The van der Waals surface area contributed by atoms with E-state index in [2.05, 4.69) is 20.5 Å². The SMILES string of the molecule is Nc1nc(NC(CO)(CO)CO)n[nH]1. The molecule has 0 aliphatic rings. The van der Waals surface area contributed by atoms with Gasteiger partial charge in [0.25, 0.3) is 0 Å². The maximum atomic E-state index is 8.97. The van der Waals surface area contributed by atoms with Gasteiger partial charge >= 0.3 is 0 Å². The number of aromatic amines is 1. The normalized spacial score (nSPS) is 11.6. The van der Waals surface area contributed by atoms with Crippen molar-refractivity contribution in [3.05, 3.63) is 0 Å². The molecule has 8 heteroatoms. The zero-order valence-corrected chi connectivity index (χ0v) is 7.43. The van der Waals surface area contributed by atoms with E-state index in [1.165, 1.54) is 0 Å². The number of aliphatic hydroxyl groups excluding tert-OH is 3. The van der Waals surface area contributed by atoms with Crippen LogP contribution in [0.3, 0.4) is 0 Å². The lowest BCUT2D eigenvalue weighted by atomic mass is 10.0. The Labute approximate surface area is 79.8 Å². The Kier molecular flexibility index (Phi) is 3.23. The molecule has 80 valence electrons. The molecule has 0 radical (unpaired) electrons. The van der Waals surface area contributed by atoms with Gasteiger partial charge in [0.05, 0.1) is 19.8 Å². The molecule has 0 saturated heterocycles. The van der Waals surface area contributed by atoms with E-state index in [4.69, 9.17) is 21.1 Å². The van der Waals surface area contributed by atoms with E-state index in [-0.39, 0.29) is 11.9 Å². The summed E-state index contributed by atoms with van der Waals surface area (Å²) in [5.74, 6) is 0.217. The number of nitrogens with one attached hydrogen (secondary N) is 2. The number of H-pyrrole nitrogens is 1. The van der Waals surface area contributed by atoms with Crippen LogP contribution >= 0.6 is 0 Å². The number of aliphatic hydroxyl groups is 3. The molecule has 7 N–H and O–H groups in total. The fourth-order valence-corrected chi connectivity index (χ4v) is 0.836. The van der Waals surface area contributed by atoms with E-state index in [0.717, 1.165) is 0 Å². The third kappa shape index (κ3) is 2.10. The van der Waals surface area contributed by atoms with Gasteiger partial charge in [0, 0.05) is 0 Å². The van der Waals surface area contributed by atoms with Gasteiger partial charge in [-0.05, 0) is 0 Å². The highest BCUT2D eigenvalue weighted by molar-refractivity contribution is 5.33. The number of anilines is 2. The molecular weight excluding hydrogens is 190 g/mol. The van der Waals surface area contributed by atoms with Crippen molar-refractivity contribution in [3.8, 4) is 0 Å². The van der Waals surface area contributed by atoms with Crippen molar-refractivity contribution in [2.45, 2.75) is 5.54 Å². The van der Waals surface area contributed by atoms with Crippen molar-refractivity contribution in [1.82, 2.24) is 15.2 Å². The number of hydrogen-bond donors (Lipinski definition) is 6. The molecular formula is C6H13N5O3. The third-order valence-corrected chi connectivity index (χ3v) is 1.79. The molecule has 0 amide bonds. The van der Waals surface area contributed by atoms with Crippen LogP contribution in [0.1, 0.15) is 0 Å². The summed E-state index contributed by atoms with van der Waals surface area (Å²) in [6, 6.07) is 0. The standard InChI is InChI=1S/C6H13N5O3/c7-4-8-5(11-10-4)9-6(1-12,2-13)3-14/h12-14H,1-3H2,(H4,7,8,9,10,11). The largest absolute Gasteiger partial charge is 0.394 e. The van der Waals surface area contributed by atoms with E-state index in [9.17, 15) is 0 Å². The molecule has 0 aromatic carbocycles. The van der Waals surface area contributed by atoms with Gasteiger partial charge in [-0.3, -0.25) is 0 Å². The molecule has 14 heavy (non-hydrogen) atoms. The van der Waals surface area contributed by atoms with Crippen LogP contribution in [0.5, 0.6) is 0 Å². The van der Waals surface area contributed by atoms with Crippen LogP contribution in [-0.2, 0) is 0 Å². The maximum absolute atomic E-state index is 8.97. The van der Waals surface area contributed by atoms with Crippen LogP contribution in [0.2, 0.25) is 0 Å². The van der Waals surface area contributed by atoms with Crippen molar-refractivity contribution in [3.63, 3.8) is 0 Å². The summed E-state index contributed by atoms with van der Waals surface area (Å²) in [6.45, 7) is -1.35. The number of aromatic nitrogens is 3. The van der Waals surface area contributed by atoms with E-state index >= 15 is 0 Å². The smallest absolute Gasteiger partial charge is 0.244 e. The van der Waals surface area contributed by atoms with Gasteiger partial charge in [-0.15, -0.1) is 5.10 Å². The molecule has 8 nitrogen and oxygen atoms in total. The molecule has 1 aromatic heterocycles. The number of nitrogens with zero attached hydrogens (tertiary/aromatic N) is 2. The fourth-order valence-electron chi connectivity index (χ4n) is 0.836. The van der Waals surface area contributed by atoms with Crippen LogP contribution in [0.4, 0.5) is 11.9 Å². The minimum atomic E-state index is -1.24. The molecule has 0 spiro atoms. The number of hydrogen-bond acceptors (Lipinski definition) is 7. The summed E-state index contributed by atoms with van der Waals surface area (Å²) in [7, 11) is 0. The van der Waals surface area contributed by atoms with Gasteiger partial charge < -0.3 is 26.4 Å². The average molecular weight is 203 g/mol. The summed E-state index contributed by atoms with van der Waals surface area (Å²) < 4.78 is 0. The molecule has 0 aliphatic heterocycles. The second-order valence-corrected chi connectivity index (χ2v) is 2.92. The van der Waals surface area contributed by atoms with Gasteiger partial charge in [0.2, 0.25) is 11.9 Å². The monoisotopic (exact) mass is 203 g/mol. The minimum absolute atomic E-state index is 0.107. The van der Waals surface area contributed by atoms with Crippen molar-refractivity contribution < 1.29 is 15.3 Å². The molecule has 0 atom stereocenters. The second-order valence-electron chi connectivity index (χ2n) is 2.92. The zero-order valence-electron chi connectivity index (χ0n) is 7.43. The van der Waals surface area contributed by atoms with Gasteiger partial charge in [-0.1, -0.05) is 0 Å². The van der Waals surface area contributed by atoms with E-state index < -0.39 is 25.4 Å². The van der Waals surface area contributed by atoms with E-state index in [1.807, 2.05) is 0 Å². The van der Waals surface area contributed by atoms with Crippen LogP contribution in [-0.4, -0.2) is 55.9 Å². The molecule has 1 heterocycles. The Bertz CT molecular complexity index is 276. The van der Waals surface area contributed by atoms with Gasteiger partial charge in [-0.2, -0.15) is 4.98 Å². The lowest BCUT2D eigenvalue weighted by Gasteiger charge is -2.27. The van der Waals surface area contributed by atoms with Crippen LogP contribution < -0.4 is 11.1 Å². The van der Waals surface area contributed by atoms with Gasteiger partial charge in [0.1, 0.15) is 5.54 Å². The average Bonchev–Trinajstić information content (AvgIpc) is 2.61. The number of rotatable bonds is 5. The van der Waals surface area contributed by atoms with Crippen molar-refractivity contribution in [1.29, 1.82) is 0 Å². The Morgan fingerprint density at radius 1 is 1.29 bits per heavy atom. The lowest BCUT2D eigenvalue weighted by molar-refractivity contribution is 0.0828. The topological polar surface area (TPSA) is 140 Å². The highest BCUT2D eigenvalue weighted by Gasteiger charge is 2.29. The number of nitrogens with two attached hydrogens (primary N) is 1. The first-order chi connectivity index (χ1) is 6.65. The highest BCUT2D eigenvalue weighted by Crippen LogP contribution is 2.10. The summed E-state index contributed by atoms with van der Waals surface area (Å²) in [4.78, 5) is 3.71. The molecule has 0 fully saturated rings. The lowest BCUT2D eigenvalue weighted by Crippen LogP contribution is -2.49. The first kappa shape index (κ1) is 10.7. The predicted octanol–water partition coefficient (Wildman–Crippen LogP) is -2.49. The Hall–Kier alpha value is -1.38. The second kappa shape index (κ2) is 4.22. The number of nitrogen functional groups attached to an aromatic ring is 1. The molecule has 1 aromatic rings. The molecule has 0 saturated carbocycles. The molecule has 0 aliphatic carbocycles. The zero-order chi connectivity index (χ0) is 10.6. The Morgan fingerprint density at radius 2 is 1.86 bits per heavy atom. The first-order valence-corrected chi connectivity index (χ1v) is 3.94. The van der Waals surface area contributed by atoms with Crippen molar-refractivity contribution >= 4 is 11.9 Å². The van der Waals surface area contributed by atoms with E-state index in [1.54, 1.807) is 0 Å². The van der Waals surface area contributed by atoms with E-state index in [0.29, 0.717) is 0 Å². The van der Waals surface area contributed by atoms with Gasteiger partial charge in [-0.25, -0.2) is 5.10 Å². The van der Waals surface area contributed by atoms with Crippen LogP contribution in [0.25, 0.3) is 0 Å². The maximum Gasteiger partial charge on any atom is 0.244 e.